The van der Waals surface area contributed by atoms with Gasteiger partial charge in [-0.25, -0.2) is 9.97 Å². The van der Waals surface area contributed by atoms with Crippen molar-refractivity contribution in [3.63, 3.8) is 0 Å². The molecule has 1 amide bonds. The highest BCUT2D eigenvalue weighted by Gasteiger charge is 2.27. The lowest BCUT2D eigenvalue weighted by Gasteiger charge is -2.30. The monoisotopic (exact) mass is 598 g/mol. The van der Waals surface area contributed by atoms with Gasteiger partial charge in [-0.2, -0.15) is 0 Å². The lowest BCUT2D eigenvalue weighted by Crippen LogP contribution is -3.12. The van der Waals surface area contributed by atoms with E-state index in [-0.39, 0.29) is 35.1 Å². The minimum Gasteiger partial charge on any atom is -0.506 e. The molecule has 0 unspecified atom stereocenters. The van der Waals surface area contributed by atoms with E-state index in [1.54, 1.807) is 37.5 Å². The number of aromatic hydroxyl groups is 1. The third-order valence-electron chi connectivity index (χ3n) is 8.88. The number of amides is 1. The maximum Gasteiger partial charge on any atom is 0.270 e. The summed E-state index contributed by atoms with van der Waals surface area (Å²) >= 11 is 0. The van der Waals surface area contributed by atoms with Crippen molar-refractivity contribution in [2.45, 2.75) is 38.1 Å². The molecule has 2 fully saturated rings. The zero-order valence-corrected chi connectivity index (χ0v) is 25.2. The molecule has 0 atom stereocenters. The predicted octanol–water partition coefficient (Wildman–Crippen LogP) is 2.64. The Kier molecular flexibility index (Phi) is 7.08. The SMILES string of the molecule is CN(C)C(=O)c1cc2cnc(Cc3ncc(-c4coc5c(=O)cc(N6CC[NH+](C)CC6)oc45)cc3O)nc2n1C1CCCC1. The van der Waals surface area contributed by atoms with E-state index < -0.39 is 0 Å². The first-order chi connectivity index (χ1) is 21.3. The number of rotatable bonds is 6. The Labute approximate surface area is 253 Å². The number of pyridine rings is 1. The van der Waals surface area contributed by atoms with Crippen molar-refractivity contribution in [1.29, 1.82) is 0 Å². The number of hydrogen-bond acceptors (Lipinski definition) is 9. The van der Waals surface area contributed by atoms with Gasteiger partial charge in [0.15, 0.2) is 5.58 Å². The Balaban J connectivity index is 1.20. The van der Waals surface area contributed by atoms with Crippen LogP contribution in [-0.2, 0) is 6.42 Å². The fourth-order valence-electron chi connectivity index (χ4n) is 6.36. The highest BCUT2D eigenvalue weighted by molar-refractivity contribution is 5.97. The van der Waals surface area contributed by atoms with E-state index in [9.17, 15) is 14.7 Å². The van der Waals surface area contributed by atoms with E-state index in [0.29, 0.717) is 39.8 Å². The molecule has 1 saturated heterocycles. The maximum atomic E-state index is 13.0. The van der Waals surface area contributed by atoms with Gasteiger partial charge in [0.1, 0.15) is 29.2 Å². The Hall–Kier alpha value is -4.71. The second-order valence-electron chi connectivity index (χ2n) is 12.2. The Morgan fingerprint density at radius 2 is 1.86 bits per heavy atom. The number of aromatic nitrogens is 4. The minimum absolute atomic E-state index is 0.0317. The number of hydrogen-bond donors (Lipinski definition) is 2. The van der Waals surface area contributed by atoms with E-state index in [1.807, 2.05) is 6.07 Å². The van der Waals surface area contributed by atoms with Crippen LogP contribution < -0.4 is 15.2 Å². The summed E-state index contributed by atoms with van der Waals surface area (Å²) in [6.07, 6.45) is 9.27. The number of likely N-dealkylation sites (N-methyl/N-ethyl adjacent to an activating group) is 1. The molecule has 5 aromatic rings. The minimum atomic E-state index is -0.252. The van der Waals surface area contributed by atoms with Gasteiger partial charge in [-0.15, -0.1) is 0 Å². The smallest absolute Gasteiger partial charge is 0.270 e. The van der Waals surface area contributed by atoms with E-state index >= 15 is 0 Å². The fourth-order valence-corrected chi connectivity index (χ4v) is 6.36. The molecule has 2 N–H and O–H groups in total. The average molecular weight is 599 g/mol. The molecule has 1 aliphatic carbocycles. The number of nitrogens with zero attached hydrogens (tertiary/aromatic N) is 6. The number of fused-ring (bicyclic) bond motifs is 2. The summed E-state index contributed by atoms with van der Waals surface area (Å²) in [5.74, 6) is 0.908. The average Bonchev–Trinajstić information content (AvgIpc) is 3.77. The van der Waals surface area contributed by atoms with Gasteiger partial charge in [0, 0.05) is 43.5 Å². The normalized spacial score (nSPS) is 16.4. The van der Waals surface area contributed by atoms with Crippen molar-refractivity contribution in [1.82, 2.24) is 24.4 Å². The third kappa shape index (κ3) is 4.98. The summed E-state index contributed by atoms with van der Waals surface area (Å²) in [4.78, 5) is 44.9. The fraction of sp³-hybridized carbons (Fsp3) is 0.406. The summed E-state index contributed by atoms with van der Waals surface area (Å²) in [5, 5.41) is 11.8. The van der Waals surface area contributed by atoms with Crippen LogP contribution in [0.15, 0.2) is 50.5 Å². The van der Waals surface area contributed by atoms with E-state index in [2.05, 4.69) is 26.5 Å². The van der Waals surface area contributed by atoms with Crippen LogP contribution in [0.5, 0.6) is 5.75 Å². The van der Waals surface area contributed by atoms with Gasteiger partial charge in [0.25, 0.3) is 5.91 Å². The van der Waals surface area contributed by atoms with Gasteiger partial charge < -0.3 is 33.2 Å². The van der Waals surface area contributed by atoms with Crippen LogP contribution in [0, 0.1) is 0 Å². The van der Waals surface area contributed by atoms with Gasteiger partial charge in [-0.3, -0.25) is 14.6 Å². The number of carbonyl (C=O) groups is 1. The quantitative estimate of drug-likeness (QED) is 0.302. The number of anilines is 1. The Morgan fingerprint density at radius 1 is 1.09 bits per heavy atom. The molecule has 44 heavy (non-hydrogen) atoms. The molecule has 7 rings (SSSR count). The first-order valence-corrected chi connectivity index (χ1v) is 15.1. The van der Waals surface area contributed by atoms with E-state index in [0.717, 1.165) is 62.9 Å². The van der Waals surface area contributed by atoms with Crippen molar-refractivity contribution < 1.29 is 23.6 Å². The van der Waals surface area contributed by atoms with Crippen molar-refractivity contribution in [2.75, 3.05) is 52.2 Å². The second-order valence-corrected chi connectivity index (χ2v) is 12.2. The molecule has 6 heterocycles. The lowest BCUT2D eigenvalue weighted by molar-refractivity contribution is -0.880. The predicted molar refractivity (Wildman–Crippen MR) is 164 cm³/mol. The zero-order chi connectivity index (χ0) is 30.5. The molecule has 12 heteroatoms. The number of piperazine rings is 1. The standard InChI is InChI=1S/C32H35N7O5/c1-36(2)32(42)24-12-20-17-34-27(35-31(20)39(24)21-6-4-5-7-21)14-23-25(40)13-19(16-33-23)22-18-43-30-26(41)15-28(44-29(22)30)38-10-8-37(3)9-11-38/h12-13,15-18,21,40H,4-11,14H2,1-3H3/p+1. The summed E-state index contributed by atoms with van der Waals surface area (Å²) in [5.41, 5.74) is 3.06. The van der Waals surface area contributed by atoms with Crippen molar-refractivity contribution >= 4 is 34.0 Å². The molecule has 0 bridgehead atoms. The summed E-state index contributed by atoms with van der Waals surface area (Å²) < 4.78 is 13.9. The number of nitrogens with one attached hydrogen (secondary N) is 1. The molecular weight excluding hydrogens is 562 g/mol. The summed E-state index contributed by atoms with van der Waals surface area (Å²) in [6, 6.07) is 5.15. The molecule has 1 aliphatic heterocycles. The molecule has 2 aliphatic rings. The summed E-state index contributed by atoms with van der Waals surface area (Å²) in [6.45, 7) is 3.49. The zero-order valence-electron chi connectivity index (χ0n) is 25.2. The molecule has 0 aromatic carbocycles. The molecule has 0 radical (unpaired) electrons. The summed E-state index contributed by atoms with van der Waals surface area (Å²) in [7, 11) is 5.65. The van der Waals surface area contributed by atoms with Crippen LogP contribution in [0.3, 0.4) is 0 Å². The number of carbonyl (C=O) groups excluding carboxylic acids is 1. The third-order valence-corrected chi connectivity index (χ3v) is 8.88. The molecule has 0 spiro atoms. The molecule has 228 valence electrons. The lowest BCUT2D eigenvalue weighted by atomic mass is 10.1. The van der Waals surface area contributed by atoms with E-state index in [4.69, 9.17) is 13.8 Å². The van der Waals surface area contributed by atoms with Crippen LogP contribution in [0.2, 0.25) is 0 Å². The van der Waals surface area contributed by atoms with Gasteiger partial charge in [0.05, 0.1) is 57.0 Å². The molecule has 5 aromatic heterocycles. The van der Waals surface area contributed by atoms with Crippen LogP contribution >= 0.6 is 0 Å². The van der Waals surface area contributed by atoms with Crippen LogP contribution in [0.25, 0.3) is 33.3 Å². The first kappa shape index (κ1) is 28.1. The van der Waals surface area contributed by atoms with E-state index in [1.165, 1.54) is 17.2 Å². The van der Waals surface area contributed by atoms with Gasteiger partial charge in [0.2, 0.25) is 16.9 Å². The van der Waals surface area contributed by atoms with Crippen molar-refractivity contribution in [2.24, 2.45) is 0 Å². The number of furan rings is 1. The van der Waals surface area contributed by atoms with Gasteiger partial charge >= 0.3 is 0 Å². The van der Waals surface area contributed by atoms with Crippen LogP contribution in [-0.4, -0.2) is 82.8 Å². The van der Waals surface area contributed by atoms with Crippen molar-refractivity contribution in [3.05, 3.63) is 64.3 Å². The Bertz CT molecular complexity index is 1930. The van der Waals surface area contributed by atoms with Gasteiger partial charge in [-0.05, 0) is 25.0 Å². The van der Waals surface area contributed by atoms with Crippen LogP contribution in [0.1, 0.15) is 53.7 Å². The highest BCUT2D eigenvalue weighted by Crippen LogP contribution is 2.36. The number of quaternary nitrogens is 1. The topological polar surface area (TPSA) is 135 Å². The first-order valence-electron chi connectivity index (χ1n) is 15.1. The Morgan fingerprint density at radius 3 is 2.59 bits per heavy atom. The molecular formula is C32H36N7O5+. The van der Waals surface area contributed by atoms with Gasteiger partial charge in [-0.1, -0.05) is 12.8 Å². The largest absolute Gasteiger partial charge is 0.506 e. The second kappa shape index (κ2) is 11.1. The highest BCUT2D eigenvalue weighted by atomic mass is 16.4. The molecule has 1 saturated carbocycles. The van der Waals surface area contributed by atoms with Crippen LogP contribution in [0.4, 0.5) is 5.88 Å². The maximum absolute atomic E-state index is 13.0. The molecule has 12 nitrogen and oxygen atoms in total. The van der Waals surface area contributed by atoms with Crippen molar-refractivity contribution in [3.8, 4) is 16.9 Å².